The van der Waals surface area contributed by atoms with Crippen molar-refractivity contribution in [2.75, 3.05) is 46.0 Å². The number of H-pyrrole nitrogens is 1. The van der Waals surface area contributed by atoms with Crippen LogP contribution in [0.15, 0.2) is 41.5 Å². The van der Waals surface area contributed by atoms with E-state index in [2.05, 4.69) is 14.9 Å². The van der Waals surface area contributed by atoms with Gasteiger partial charge in [-0.1, -0.05) is 6.07 Å². The van der Waals surface area contributed by atoms with Crippen molar-refractivity contribution in [3.8, 4) is 0 Å². The van der Waals surface area contributed by atoms with Crippen molar-refractivity contribution in [3.05, 3.63) is 63.8 Å². The number of nitrogens with one attached hydrogen (secondary N) is 1. The van der Waals surface area contributed by atoms with Gasteiger partial charge in [-0.3, -0.25) is 19.5 Å². The Kier molecular flexibility index (Phi) is 6.03. The third-order valence-corrected chi connectivity index (χ3v) is 5.47. The van der Waals surface area contributed by atoms with Crippen LogP contribution in [0.1, 0.15) is 27.7 Å². The Morgan fingerprint density at radius 1 is 1.21 bits per heavy atom. The first-order valence-corrected chi connectivity index (χ1v) is 9.96. The van der Waals surface area contributed by atoms with E-state index >= 15 is 0 Å². The molecule has 0 spiro atoms. The summed E-state index contributed by atoms with van der Waals surface area (Å²) in [5.41, 5.74) is 1.41. The number of rotatable bonds is 4. The van der Waals surface area contributed by atoms with E-state index in [9.17, 15) is 9.59 Å². The summed E-state index contributed by atoms with van der Waals surface area (Å²) in [6, 6.07) is 6.85. The van der Waals surface area contributed by atoms with Crippen molar-refractivity contribution in [1.82, 2.24) is 19.8 Å². The summed E-state index contributed by atoms with van der Waals surface area (Å²) >= 11 is 0. The Labute approximate surface area is 169 Å². The van der Waals surface area contributed by atoms with E-state index in [1.165, 1.54) is 0 Å². The Morgan fingerprint density at radius 3 is 2.76 bits per heavy atom. The van der Waals surface area contributed by atoms with Crippen molar-refractivity contribution in [2.24, 2.45) is 0 Å². The molecular weight excluding hydrogens is 372 g/mol. The smallest absolute Gasteiger partial charge is 0.260 e. The van der Waals surface area contributed by atoms with Gasteiger partial charge in [-0.05, 0) is 30.7 Å². The first kappa shape index (κ1) is 19.8. The van der Waals surface area contributed by atoms with Crippen molar-refractivity contribution >= 4 is 5.91 Å². The highest BCUT2D eigenvalue weighted by Crippen LogP contribution is 2.31. The van der Waals surface area contributed by atoms with E-state index in [1.54, 1.807) is 36.4 Å². The molecule has 0 saturated carbocycles. The first-order valence-electron chi connectivity index (χ1n) is 9.96. The largest absolute Gasteiger partial charge is 0.379 e. The van der Waals surface area contributed by atoms with E-state index in [-0.39, 0.29) is 29.2 Å². The normalized spacial score (nSPS) is 23.1. The monoisotopic (exact) mass is 398 g/mol. The molecule has 8 heteroatoms. The lowest BCUT2D eigenvalue weighted by molar-refractivity contribution is -0.0820. The fourth-order valence-electron chi connectivity index (χ4n) is 3.99. The molecule has 2 aromatic rings. The van der Waals surface area contributed by atoms with E-state index in [0.717, 1.165) is 24.3 Å². The predicted octanol–water partition coefficient (Wildman–Crippen LogP) is 0.993. The van der Waals surface area contributed by atoms with Gasteiger partial charge in [0.15, 0.2) is 0 Å². The lowest BCUT2D eigenvalue weighted by Crippen LogP contribution is -2.53. The van der Waals surface area contributed by atoms with Crippen molar-refractivity contribution in [2.45, 2.75) is 19.1 Å². The van der Waals surface area contributed by atoms with Gasteiger partial charge in [0.05, 0.1) is 32.0 Å². The second-order valence-electron chi connectivity index (χ2n) is 7.44. The second-order valence-corrected chi connectivity index (χ2v) is 7.44. The standard InChI is InChI=1S/C21H26N4O4/c1-15-4-5-17(20(26)23-15)21(27)25-9-12-29-18(14-24-7-10-28-11-8-24)19(25)16-3-2-6-22-13-16/h2-6,13,18-19H,7-12,14H2,1H3,(H,23,26)/t18-,19-/m0/s1. The van der Waals surface area contributed by atoms with Gasteiger partial charge in [-0.25, -0.2) is 0 Å². The minimum absolute atomic E-state index is 0.150. The molecule has 2 aromatic heterocycles. The fourth-order valence-corrected chi connectivity index (χ4v) is 3.99. The molecule has 4 heterocycles. The zero-order valence-electron chi connectivity index (χ0n) is 16.5. The number of aryl methyl sites for hydroxylation is 1. The van der Waals surface area contributed by atoms with Crippen LogP contribution in [0, 0.1) is 6.92 Å². The lowest BCUT2D eigenvalue weighted by Gasteiger charge is -2.43. The van der Waals surface area contributed by atoms with Crippen LogP contribution in [0.25, 0.3) is 0 Å². The van der Waals surface area contributed by atoms with Gasteiger partial charge in [0.25, 0.3) is 11.5 Å². The number of hydrogen-bond acceptors (Lipinski definition) is 6. The summed E-state index contributed by atoms with van der Waals surface area (Å²) in [5.74, 6) is -0.282. The summed E-state index contributed by atoms with van der Waals surface area (Å²) < 4.78 is 11.6. The van der Waals surface area contributed by atoms with Gasteiger partial charge in [0, 0.05) is 44.3 Å². The molecule has 4 rings (SSSR count). The summed E-state index contributed by atoms with van der Waals surface area (Å²) in [6.07, 6.45) is 3.27. The van der Waals surface area contributed by atoms with E-state index in [4.69, 9.17) is 9.47 Å². The SMILES string of the molecule is Cc1ccc(C(=O)N2CCO[C@@H](CN3CCOCC3)[C@@H]2c2cccnc2)c(=O)[nH]1. The van der Waals surface area contributed by atoms with Crippen LogP contribution in [0.4, 0.5) is 0 Å². The third kappa shape index (κ3) is 4.39. The number of aromatic nitrogens is 2. The lowest BCUT2D eigenvalue weighted by atomic mass is 9.97. The van der Waals surface area contributed by atoms with Crippen LogP contribution in [0.5, 0.6) is 0 Å². The molecule has 1 N–H and O–H groups in total. The molecule has 0 aliphatic carbocycles. The van der Waals surface area contributed by atoms with Gasteiger partial charge in [0.2, 0.25) is 0 Å². The summed E-state index contributed by atoms with van der Waals surface area (Å²) in [6.45, 7) is 6.42. The summed E-state index contributed by atoms with van der Waals surface area (Å²) in [7, 11) is 0. The van der Waals surface area contributed by atoms with Gasteiger partial charge < -0.3 is 19.4 Å². The molecule has 0 bridgehead atoms. The number of aromatic amines is 1. The average Bonchev–Trinajstić information content (AvgIpc) is 2.74. The molecule has 154 valence electrons. The number of morpholine rings is 2. The molecule has 2 fully saturated rings. The number of carbonyl (C=O) groups excluding carboxylic acids is 1. The Balaban J connectivity index is 1.65. The maximum Gasteiger partial charge on any atom is 0.260 e. The van der Waals surface area contributed by atoms with Crippen LogP contribution in [-0.4, -0.2) is 77.8 Å². The van der Waals surface area contributed by atoms with Gasteiger partial charge in [-0.15, -0.1) is 0 Å². The molecule has 2 aliphatic heterocycles. The number of carbonyl (C=O) groups is 1. The number of amides is 1. The van der Waals surface area contributed by atoms with Gasteiger partial charge in [-0.2, -0.15) is 0 Å². The second kappa shape index (κ2) is 8.86. The van der Waals surface area contributed by atoms with Crippen molar-refractivity contribution < 1.29 is 14.3 Å². The third-order valence-electron chi connectivity index (χ3n) is 5.47. The van der Waals surface area contributed by atoms with E-state index in [0.29, 0.717) is 32.9 Å². The predicted molar refractivity (Wildman–Crippen MR) is 107 cm³/mol. The molecule has 2 saturated heterocycles. The molecule has 29 heavy (non-hydrogen) atoms. The fraction of sp³-hybridized carbons (Fsp3) is 0.476. The average molecular weight is 398 g/mol. The highest BCUT2D eigenvalue weighted by molar-refractivity contribution is 5.94. The molecule has 2 aliphatic rings. The minimum atomic E-state index is -0.365. The van der Waals surface area contributed by atoms with Crippen molar-refractivity contribution in [1.29, 1.82) is 0 Å². The van der Waals surface area contributed by atoms with Crippen molar-refractivity contribution in [3.63, 3.8) is 0 Å². The highest BCUT2D eigenvalue weighted by atomic mass is 16.5. The van der Waals surface area contributed by atoms with E-state index < -0.39 is 0 Å². The quantitative estimate of drug-likeness (QED) is 0.827. The van der Waals surface area contributed by atoms with Crippen LogP contribution in [0.3, 0.4) is 0 Å². The minimum Gasteiger partial charge on any atom is -0.379 e. The topological polar surface area (TPSA) is 87.8 Å². The molecule has 0 radical (unpaired) electrons. The first-order chi connectivity index (χ1) is 14.1. The highest BCUT2D eigenvalue weighted by Gasteiger charge is 2.38. The molecule has 0 aromatic carbocycles. The van der Waals surface area contributed by atoms with Crippen LogP contribution in [0.2, 0.25) is 0 Å². The summed E-state index contributed by atoms with van der Waals surface area (Å²) in [4.78, 5) is 36.8. The zero-order chi connectivity index (χ0) is 20.2. The van der Waals surface area contributed by atoms with Crippen LogP contribution < -0.4 is 5.56 Å². The maximum atomic E-state index is 13.3. The van der Waals surface area contributed by atoms with Gasteiger partial charge >= 0.3 is 0 Å². The number of pyridine rings is 2. The Bertz CT molecular complexity index is 895. The molecule has 8 nitrogen and oxygen atoms in total. The van der Waals surface area contributed by atoms with Crippen LogP contribution >= 0.6 is 0 Å². The zero-order valence-corrected chi connectivity index (χ0v) is 16.5. The molecular formula is C21H26N4O4. The number of hydrogen-bond donors (Lipinski definition) is 1. The molecule has 0 unspecified atom stereocenters. The van der Waals surface area contributed by atoms with Crippen LogP contribution in [-0.2, 0) is 9.47 Å². The summed E-state index contributed by atoms with van der Waals surface area (Å²) in [5, 5.41) is 0. The Morgan fingerprint density at radius 2 is 2.03 bits per heavy atom. The Hall–Kier alpha value is -2.55. The molecule has 2 atom stereocenters. The van der Waals surface area contributed by atoms with Gasteiger partial charge in [0.1, 0.15) is 5.56 Å². The van der Waals surface area contributed by atoms with E-state index in [1.807, 2.05) is 12.1 Å². The number of nitrogens with zero attached hydrogens (tertiary/aromatic N) is 3. The maximum absolute atomic E-state index is 13.3. The number of ether oxygens (including phenoxy) is 2. The molecule has 1 amide bonds.